The van der Waals surface area contributed by atoms with Crippen molar-refractivity contribution in [1.82, 2.24) is 9.62 Å². The summed E-state index contributed by atoms with van der Waals surface area (Å²) in [5.41, 5.74) is 2.05. The maximum atomic E-state index is 13.3. The van der Waals surface area contributed by atoms with Crippen molar-refractivity contribution in [3.05, 3.63) is 77.4 Å². The number of carbonyl (C=O) groups is 1. The molecule has 0 bridgehead atoms. The van der Waals surface area contributed by atoms with Crippen molar-refractivity contribution in [2.45, 2.75) is 44.0 Å². The Labute approximate surface area is 184 Å². The number of aryl methyl sites for hydroxylation is 1. The van der Waals surface area contributed by atoms with Crippen LogP contribution in [0.3, 0.4) is 0 Å². The van der Waals surface area contributed by atoms with Gasteiger partial charge in [0.05, 0.1) is 4.90 Å². The highest BCUT2D eigenvalue weighted by Crippen LogP contribution is 2.24. The maximum absolute atomic E-state index is 13.3. The minimum Gasteiger partial charge on any atom is -0.348 e. The molecule has 162 valence electrons. The molecule has 1 amide bonds. The molecule has 1 aliphatic rings. The number of benzene rings is 3. The second kappa shape index (κ2) is 9.20. The lowest BCUT2D eigenvalue weighted by Crippen LogP contribution is -2.32. The highest BCUT2D eigenvalue weighted by Gasteiger charge is 2.27. The smallest absolute Gasteiger partial charge is 0.251 e. The number of fused-ring (bicyclic) bond motifs is 1. The minimum atomic E-state index is -3.61. The van der Waals surface area contributed by atoms with Crippen LogP contribution < -0.4 is 5.32 Å². The lowest BCUT2D eigenvalue weighted by atomic mass is 10.0. The van der Waals surface area contributed by atoms with Gasteiger partial charge in [-0.15, -0.1) is 0 Å². The molecule has 0 unspecified atom stereocenters. The van der Waals surface area contributed by atoms with Gasteiger partial charge in [-0.3, -0.25) is 4.79 Å². The molecule has 6 heteroatoms. The van der Waals surface area contributed by atoms with E-state index in [0.717, 1.165) is 42.0 Å². The lowest BCUT2D eigenvalue weighted by molar-refractivity contribution is 0.0951. The van der Waals surface area contributed by atoms with E-state index in [4.69, 9.17) is 0 Å². The van der Waals surface area contributed by atoms with E-state index in [1.807, 2.05) is 42.5 Å². The van der Waals surface area contributed by atoms with Crippen LogP contribution in [0.2, 0.25) is 0 Å². The van der Waals surface area contributed by atoms with Gasteiger partial charge in [-0.2, -0.15) is 4.31 Å². The van der Waals surface area contributed by atoms with Gasteiger partial charge < -0.3 is 5.32 Å². The summed E-state index contributed by atoms with van der Waals surface area (Å²) < 4.78 is 28.1. The zero-order valence-electron chi connectivity index (χ0n) is 17.8. The number of rotatable bonds is 5. The maximum Gasteiger partial charge on any atom is 0.251 e. The van der Waals surface area contributed by atoms with Crippen LogP contribution in [0.4, 0.5) is 0 Å². The molecule has 31 heavy (non-hydrogen) atoms. The van der Waals surface area contributed by atoms with E-state index in [9.17, 15) is 13.2 Å². The van der Waals surface area contributed by atoms with Crippen LogP contribution in [-0.2, 0) is 16.6 Å². The van der Waals surface area contributed by atoms with Crippen molar-refractivity contribution in [2.75, 3.05) is 13.1 Å². The average Bonchev–Trinajstić information content (AvgIpc) is 3.08. The lowest BCUT2D eigenvalue weighted by Gasteiger charge is -2.21. The fourth-order valence-corrected chi connectivity index (χ4v) is 5.93. The Morgan fingerprint density at radius 1 is 0.935 bits per heavy atom. The van der Waals surface area contributed by atoms with Crippen molar-refractivity contribution in [1.29, 1.82) is 0 Å². The van der Waals surface area contributed by atoms with Gasteiger partial charge in [0.2, 0.25) is 10.0 Å². The normalized spacial score (nSPS) is 15.5. The largest absolute Gasteiger partial charge is 0.348 e. The van der Waals surface area contributed by atoms with Crippen molar-refractivity contribution >= 4 is 26.7 Å². The average molecular weight is 437 g/mol. The molecule has 1 aliphatic heterocycles. The molecule has 3 aromatic carbocycles. The van der Waals surface area contributed by atoms with Gasteiger partial charge in [0, 0.05) is 25.2 Å². The summed E-state index contributed by atoms with van der Waals surface area (Å²) in [5.74, 6) is -0.278. The third-order valence-corrected chi connectivity index (χ3v) is 7.99. The quantitative estimate of drug-likeness (QED) is 0.633. The molecular formula is C25H28N2O3S. The van der Waals surface area contributed by atoms with E-state index < -0.39 is 10.0 Å². The molecule has 0 radical (unpaired) electrons. The number of hydrogen-bond donors (Lipinski definition) is 1. The van der Waals surface area contributed by atoms with Crippen LogP contribution in [0, 0.1) is 6.92 Å². The Morgan fingerprint density at radius 2 is 1.65 bits per heavy atom. The molecule has 1 fully saturated rings. The van der Waals surface area contributed by atoms with E-state index in [2.05, 4.69) is 5.32 Å². The van der Waals surface area contributed by atoms with Gasteiger partial charge in [0.15, 0.2) is 0 Å². The number of sulfonamides is 1. The van der Waals surface area contributed by atoms with Crippen LogP contribution in [-0.4, -0.2) is 31.7 Å². The van der Waals surface area contributed by atoms with Crippen molar-refractivity contribution < 1.29 is 13.2 Å². The molecule has 3 aromatic rings. The molecule has 4 rings (SSSR count). The van der Waals surface area contributed by atoms with Crippen LogP contribution in [0.5, 0.6) is 0 Å². The Morgan fingerprint density at radius 3 is 2.42 bits per heavy atom. The molecule has 1 saturated heterocycles. The first-order valence-electron chi connectivity index (χ1n) is 10.8. The highest BCUT2D eigenvalue weighted by atomic mass is 32.2. The molecule has 0 aliphatic carbocycles. The molecule has 1 heterocycles. The SMILES string of the molecule is Cc1ccc(C(=O)NCc2cccc3ccccc23)cc1S(=O)(=O)N1CCCCCC1. The van der Waals surface area contributed by atoms with Crippen LogP contribution in [0.1, 0.15) is 47.2 Å². The van der Waals surface area contributed by atoms with Gasteiger partial charge in [-0.05, 0) is 53.8 Å². The molecule has 0 aromatic heterocycles. The number of carbonyl (C=O) groups excluding carboxylic acids is 1. The summed E-state index contributed by atoms with van der Waals surface area (Å²) in [4.78, 5) is 13.1. The van der Waals surface area contributed by atoms with Gasteiger partial charge in [0.25, 0.3) is 5.91 Å². The first-order chi connectivity index (χ1) is 15.0. The Hall–Kier alpha value is -2.70. The second-order valence-electron chi connectivity index (χ2n) is 8.12. The van der Waals surface area contributed by atoms with Crippen LogP contribution in [0.25, 0.3) is 10.8 Å². The van der Waals surface area contributed by atoms with Gasteiger partial charge in [-0.1, -0.05) is 61.4 Å². The Bertz CT molecular complexity index is 1190. The predicted octanol–water partition coefficient (Wildman–Crippen LogP) is 4.64. The van der Waals surface area contributed by atoms with Crippen LogP contribution >= 0.6 is 0 Å². The third-order valence-electron chi connectivity index (χ3n) is 5.95. The summed E-state index contributed by atoms with van der Waals surface area (Å²) in [6, 6.07) is 19.0. The highest BCUT2D eigenvalue weighted by molar-refractivity contribution is 7.89. The third kappa shape index (κ3) is 4.65. The Kier molecular flexibility index (Phi) is 6.39. The zero-order valence-corrected chi connectivity index (χ0v) is 18.6. The van der Waals surface area contributed by atoms with Crippen molar-refractivity contribution in [3.63, 3.8) is 0 Å². The number of amides is 1. The number of hydrogen-bond acceptors (Lipinski definition) is 3. The Balaban J connectivity index is 1.55. The van der Waals surface area contributed by atoms with Gasteiger partial charge in [-0.25, -0.2) is 8.42 Å². The van der Waals surface area contributed by atoms with Crippen LogP contribution in [0.15, 0.2) is 65.6 Å². The summed E-state index contributed by atoms with van der Waals surface area (Å²) in [6.07, 6.45) is 3.87. The number of nitrogens with one attached hydrogen (secondary N) is 1. The van der Waals surface area contributed by atoms with E-state index in [0.29, 0.717) is 30.8 Å². The fourth-order valence-electron chi connectivity index (χ4n) is 4.16. The first-order valence-corrected chi connectivity index (χ1v) is 12.3. The van der Waals surface area contributed by atoms with E-state index >= 15 is 0 Å². The van der Waals surface area contributed by atoms with E-state index in [-0.39, 0.29) is 10.8 Å². The molecule has 5 nitrogen and oxygen atoms in total. The minimum absolute atomic E-state index is 0.229. The molecule has 0 spiro atoms. The molecular weight excluding hydrogens is 408 g/mol. The van der Waals surface area contributed by atoms with Crippen molar-refractivity contribution in [3.8, 4) is 0 Å². The molecule has 0 atom stereocenters. The topological polar surface area (TPSA) is 66.5 Å². The number of nitrogens with zero attached hydrogens (tertiary/aromatic N) is 1. The zero-order chi connectivity index (χ0) is 21.8. The molecule has 0 saturated carbocycles. The van der Waals surface area contributed by atoms with Gasteiger partial charge in [0.1, 0.15) is 0 Å². The summed E-state index contributed by atoms with van der Waals surface area (Å²) in [7, 11) is -3.61. The summed E-state index contributed by atoms with van der Waals surface area (Å²) in [6.45, 7) is 3.24. The van der Waals surface area contributed by atoms with Crippen molar-refractivity contribution in [2.24, 2.45) is 0 Å². The van der Waals surface area contributed by atoms with Gasteiger partial charge >= 0.3 is 0 Å². The molecule has 1 N–H and O–H groups in total. The summed E-state index contributed by atoms with van der Waals surface area (Å²) in [5, 5.41) is 5.16. The predicted molar refractivity (Wildman–Crippen MR) is 124 cm³/mol. The first kappa shape index (κ1) is 21.5. The summed E-state index contributed by atoms with van der Waals surface area (Å²) >= 11 is 0. The van der Waals surface area contributed by atoms with E-state index in [1.165, 1.54) is 6.07 Å². The van der Waals surface area contributed by atoms with E-state index in [1.54, 1.807) is 23.4 Å². The second-order valence-corrected chi connectivity index (χ2v) is 10.0. The monoisotopic (exact) mass is 436 g/mol. The fraction of sp³-hybridized carbons (Fsp3) is 0.320. The standard InChI is InChI=1S/C25H28N2O3S/c1-19-13-14-21(17-24(19)31(29,30)27-15-6-2-3-7-16-27)25(28)26-18-22-11-8-10-20-9-4-5-12-23(20)22/h4-5,8-14,17H,2-3,6-7,15-16,18H2,1H3,(H,26,28).